The number of amides is 1. The molecule has 0 aromatic heterocycles. The minimum atomic E-state index is 0.0627. The first-order valence-electron chi connectivity index (χ1n) is 7.60. The second-order valence-electron chi connectivity index (χ2n) is 5.88. The van der Waals surface area contributed by atoms with Gasteiger partial charge in [0.2, 0.25) is 0 Å². The van der Waals surface area contributed by atoms with Gasteiger partial charge in [0.1, 0.15) is 0 Å². The second-order valence-corrected chi connectivity index (χ2v) is 5.88. The number of nitrogens with zero attached hydrogens (tertiary/aromatic N) is 1. The molecule has 1 saturated heterocycles. The van der Waals surface area contributed by atoms with Crippen LogP contribution in [-0.2, 0) is 0 Å². The van der Waals surface area contributed by atoms with E-state index in [0.29, 0.717) is 17.3 Å². The van der Waals surface area contributed by atoms with Gasteiger partial charge in [-0.05, 0) is 49.2 Å². The number of benzene rings is 2. The van der Waals surface area contributed by atoms with Crippen molar-refractivity contribution in [1.29, 1.82) is 0 Å². The van der Waals surface area contributed by atoms with Crippen molar-refractivity contribution in [2.24, 2.45) is 0 Å². The third-order valence-corrected chi connectivity index (χ3v) is 3.97. The van der Waals surface area contributed by atoms with Crippen LogP contribution in [0.15, 0.2) is 48.5 Å². The van der Waals surface area contributed by atoms with Crippen LogP contribution in [0.1, 0.15) is 22.3 Å². The molecule has 0 radical (unpaired) electrons. The molecule has 1 unspecified atom stereocenters. The van der Waals surface area contributed by atoms with Gasteiger partial charge < -0.3 is 16.0 Å². The predicted octanol–water partition coefficient (Wildman–Crippen LogP) is 2.90. The maximum absolute atomic E-state index is 12.6. The van der Waals surface area contributed by atoms with Crippen molar-refractivity contribution in [1.82, 2.24) is 4.90 Å². The Labute approximate surface area is 130 Å². The molecule has 0 spiro atoms. The molecule has 1 atom stereocenters. The lowest BCUT2D eigenvalue weighted by Gasteiger charge is -2.18. The summed E-state index contributed by atoms with van der Waals surface area (Å²) >= 11 is 0. The molecule has 1 fully saturated rings. The van der Waals surface area contributed by atoms with E-state index in [0.717, 1.165) is 30.8 Å². The standard InChI is InChI=1S/C18H21N3O/c1-13-9-14(11-15(19)10-13)18(22)21-8-7-17(12-21)20-16-5-3-2-4-6-16/h2-6,9-11,17,20H,7-8,12,19H2,1H3. The molecule has 4 nitrogen and oxygen atoms in total. The smallest absolute Gasteiger partial charge is 0.254 e. The highest BCUT2D eigenvalue weighted by atomic mass is 16.2. The van der Waals surface area contributed by atoms with Crippen LogP contribution in [-0.4, -0.2) is 29.9 Å². The Balaban J connectivity index is 1.66. The summed E-state index contributed by atoms with van der Waals surface area (Å²) in [6, 6.07) is 15.9. The summed E-state index contributed by atoms with van der Waals surface area (Å²) in [4.78, 5) is 14.5. The van der Waals surface area contributed by atoms with Crippen molar-refractivity contribution >= 4 is 17.3 Å². The van der Waals surface area contributed by atoms with Crippen LogP contribution < -0.4 is 11.1 Å². The Bertz CT molecular complexity index is 649. The Morgan fingerprint density at radius 1 is 1.23 bits per heavy atom. The van der Waals surface area contributed by atoms with Crippen LogP contribution >= 0.6 is 0 Å². The average molecular weight is 295 g/mol. The van der Waals surface area contributed by atoms with Crippen LogP contribution in [0.2, 0.25) is 0 Å². The zero-order valence-corrected chi connectivity index (χ0v) is 12.8. The summed E-state index contributed by atoms with van der Waals surface area (Å²) < 4.78 is 0. The molecule has 22 heavy (non-hydrogen) atoms. The Hall–Kier alpha value is -2.49. The van der Waals surface area contributed by atoms with Gasteiger partial charge in [0.25, 0.3) is 5.91 Å². The van der Waals surface area contributed by atoms with Crippen LogP contribution in [0.4, 0.5) is 11.4 Å². The fraction of sp³-hybridized carbons (Fsp3) is 0.278. The van der Waals surface area contributed by atoms with E-state index in [1.165, 1.54) is 0 Å². The number of likely N-dealkylation sites (tertiary alicyclic amines) is 1. The molecule has 114 valence electrons. The lowest BCUT2D eigenvalue weighted by molar-refractivity contribution is 0.0791. The zero-order chi connectivity index (χ0) is 15.5. The number of para-hydroxylation sites is 1. The first-order chi connectivity index (χ1) is 10.6. The average Bonchev–Trinajstić information content (AvgIpc) is 2.95. The number of nitrogens with one attached hydrogen (secondary N) is 1. The van der Waals surface area contributed by atoms with Crippen molar-refractivity contribution in [3.63, 3.8) is 0 Å². The molecule has 3 N–H and O–H groups in total. The van der Waals surface area contributed by atoms with E-state index in [-0.39, 0.29) is 5.91 Å². The second kappa shape index (κ2) is 6.10. The molecule has 1 heterocycles. The van der Waals surface area contributed by atoms with Crippen molar-refractivity contribution in [2.45, 2.75) is 19.4 Å². The maximum atomic E-state index is 12.6. The molecule has 0 bridgehead atoms. The molecule has 1 aliphatic rings. The van der Waals surface area contributed by atoms with E-state index in [4.69, 9.17) is 5.73 Å². The van der Waals surface area contributed by atoms with Crippen LogP contribution in [0.3, 0.4) is 0 Å². The largest absolute Gasteiger partial charge is 0.399 e. The van der Waals surface area contributed by atoms with Gasteiger partial charge in [-0.2, -0.15) is 0 Å². The van der Waals surface area contributed by atoms with E-state index in [1.54, 1.807) is 6.07 Å². The van der Waals surface area contributed by atoms with Crippen LogP contribution in [0.25, 0.3) is 0 Å². The summed E-state index contributed by atoms with van der Waals surface area (Å²) in [5.41, 5.74) is 9.28. The van der Waals surface area contributed by atoms with Gasteiger partial charge >= 0.3 is 0 Å². The predicted molar refractivity (Wildman–Crippen MR) is 90.0 cm³/mol. The number of carbonyl (C=O) groups is 1. The highest BCUT2D eigenvalue weighted by Gasteiger charge is 2.27. The number of nitrogens with two attached hydrogens (primary N) is 1. The van der Waals surface area contributed by atoms with Gasteiger partial charge in [0.15, 0.2) is 0 Å². The number of hydrogen-bond donors (Lipinski definition) is 2. The van der Waals surface area contributed by atoms with E-state index < -0.39 is 0 Å². The minimum absolute atomic E-state index is 0.0627. The maximum Gasteiger partial charge on any atom is 0.254 e. The van der Waals surface area contributed by atoms with Gasteiger partial charge in [-0.1, -0.05) is 18.2 Å². The Morgan fingerprint density at radius 2 is 2.00 bits per heavy atom. The number of anilines is 2. The van der Waals surface area contributed by atoms with E-state index in [1.807, 2.05) is 54.3 Å². The fourth-order valence-corrected chi connectivity index (χ4v) is 2.95. The summed E-state index contributed by atoms with van der Waals surface area (Å²) in [6.45, 7) is 3.45. The quantitative estimate of drug-likeness (QED) is 0.856. The minimum Gasteiger partial charge on any atom is -0.399 e. The van der Waals surface area contributed by atoms with E-state index in [9.17, 15) is 4.79 Å². The lowest BCUT2D eigenvalue weighted by Crippen LogP contribution is -2.31. The monoisotopic (exact) mass is 295 g/mol. The van der Waals surface area contributed by atoms with E-state index >= 15 is 0 Å². The van der Waals surface area contributed by atoms with Gasteiger partial charge in [-0.3, -0.25) is 4.79 Å². The highest BCUT2D eigenvalue weighted by molar-refractivity contribution is 5.95. The first kappa shape index (κ1) is 14.4. The third-order valence-electron chi connectivity index (χ3n) is 3.97. The molecule has 2 aromatic rings. The summed E-state index contributed by atoms with van der Waals surface area (Å²) in [6.07, 6.45) is 0.960. The molecular formula is C18H21N3O. The van der Waals surface area contributed by atoms with Crippen LogP contribution in [0, 0.1) is 6.92 Å². The van der Waals surface area contributed by atoms with Gasteiger partial charge in [-0.15, -0.1) is 0 Å². The zero-order valence-electron chi connectivity index (χ0n) is 12.8. The fourth-order valence-electron chi connectivity index (χ4n) is 2.95. The summed E-state index contributed by atoms with van der Waals surface area (Å²) in [7, 11) is 0. The molecule has 3 rings (SSSR count). The Morgan fingerprint density at radius 3 is 2.73 bits per heavy atom. The lowest BCUT2D eigenvalue weighted by atomic mass is 10.1. The van der Waals surface area contributed by atoms with Crippen molar-refractivity contribution in [2.75, 3.05) is 24.1 Å². The molecule has 1 amide bonds. The molecule has 2 aromatic carbocycles. The summed E-state index contributed by atoms with van der Waals surface area (Å²) in [5, 5.41) is 3.48. The topological polar surface area (TPSA) is 58.4 Å². The molecule has 4 heteroatoms. The molecular weight excluding hydrogens is 274 g/mol. The van der Waals surface area contributed by atoms with Gasteiger partial charge in [0.05, 0.1) is 0 Å². The number of hydrogen-bond acceptors (Lipinski definition) is 3. The summed E-state index contributed by atoms with van der Waals surface area (Å²) in [5.74, 6) is 0.0627. The SMILES string of the molecule is Cc1cc(N)cc(C(=O)N2CCC(Nc3ccccc3)C2)c1. The van der Waals surface area contributed by atoms with Gasteiger partial charge in [-0.25, -0.2) is 0 Å². The molecule has 0 aliphatic carbocycles. The normalized spacial score (nSPS) is 17.5. The number of carbonyl (C=O) groups excluding carboxylic acids is 1. The van der Waals surface area contributed by atoms with Crippen molar-refractivity contribution in [3.8, 4) is 0 Å². The third kappa shape index (κ3) is 3.22. The number of rotatable bonds is 3. The number of nitrogen functional groups attached to an aromatic ring is 1. The first-order valence-corrected chi connectivity index (χ1v) is 7.60. The van der Waals surface area contributed by atoms with Crippen molar-refractivity contribution < 1.29 is 4.79 Å². The number of aryl methyl sites for hydroxylation is 1. The highest BCUT2D eigenvalue weighted by Crippen LogP contribution is 2.19. The van der Waals surface area contributed by atoms with Crippen LogP contribution in [0.5, 0.6) is 0 Å². The van der Waals surface area contributed by atoms with E-state index in [2.05, 4.69) is 5.32 Å². The van der Waals surface area contributed by atoms with Crippen molar-refractivity contribution in [3.05, 3.63) is 59.7 Å². The Kier molecular flexibility index (Phi) is 4.00. The molecule has 0 saturated carbocycles. The molecule has 1 aliphatic heterocycles. The van der Waals surface area contributed by atoms with Gasteiger partial charge in [0, 0.05) is 36.1 Å².